The SMILES string of the molecule is Cc1c(F)cc(C#N)cc1NC(C)c1ccc(F)cc1F. The van der Waals surface area contributed by atoms with E-state index in [1.54, 1.807) is 13.8 Å². The summed E-state index contributed by atoms with van der Waals surface area (Å²) in [5, 5.41) is 11.8. The van der Waals surface area contributed by atoms with Crippen molar-refractivity contribution in [3.05, 3.63) is 64.5 Å². The van der Waals surface area contributed by atoms with Crippen molar-refractivity contribution in [2.45, 2.75) is 19.9 Å². The Hall–Kier alpha value is -2.48. The predicted octanol–water partition coefficient (Wildman–Crippen LogP) is 4.46. The minimum Gasteiger partial charge on any atom is -0.378 e. The van der Waals surface area contributed by atoms with Gasteiger partial charge >= 0.3 is 0 Å². The molecule has 0 aliphatic heterocycles. The lowest BCUT2D eigenvalue weighted by molar-refractivity contribution is 0.566. The summed E-state index contributed by atoms with van der Waals surface area (Å²) < 4.78 is 40.3. The quantitative estimate of drug-likeness (QED) is 0.906. The molecule has 0 aromatic heterocycles. The molecule has 0 saturated heterocycles. The number of hydrogen-bond acceptors (Lipinski definition) is 2. The first-order valence-corrected chi connectivity index (χ1v) is 6.34. The normalized spacial score (nSPS) is 11.8. The maximum atomic E-state index is 13.7. The minimum atomic E-state index is -0.676. The molecule has 0 aliphatic carbocycles. The number of nitrogens with one attached hydrogen (secondary N) is 1. The molecule has 108 valence electrons. The molecule has 1 unspecified atom stereocenters. The minimum absolute atomic E-state index is 0.173. The van der Waals surface area contributed by atoms with Crippen LogP contribution in [0, 0.1) is 35.7 Å². The van der Waals surface area contributed by atoms with Gasteiger partial charge in [-0.1, -0.05) is 6.07 Å². The summed E-state index contributed by atoms with van der Waals surface area (Å²) in [7, 11) is 0. The van der Waals surface area contributed by atoms with Crippen LogP contribution < -0.4 is 5.32 Å². The summed E-state index contributed by atoms with van der Waals surface area (Å²) >= 11 is 0. The van der Waals surface area contributed by atoms with Crippen molar-refractivity contribution in [2.24, 2.45) is 0 Å². The Kier molecular flexibility index (Phi) is 4.18. The lowest BCUT2D eigenvalue weighted by atomic mass is 10.0. The number of nitrogens with zero attached hydrogens (tertiary/aromatic N) is 1. The molecule has 1 N–H and O–H groups in total. The average molecular weight is 290 g/mol. The molecule has 2 aromatic rings. The highest BCUT2D eigenvalue weighted by atomic mass is 19.1. The monoisotopic (exact) mass is 290 g/mol. The van der Waals surface area contributed by atoms with E-state index >= 15 is 0 Å². The Labute approximate surface area is 120 Å². The van der Waals surface area contributed by atoms with Crippen molar-refractivity contribution in [3.63, 3.8) is 0 Å². The van der Waals surface area contributed by atoms with Crippen molar-refractivity contribution in [3.8, 4) is 6.07 Å². The molecule has 0 heterocycles. The van der Waals surface area contributed by atoms with Gasteiger partial charge in [0.1, 0.15) is 17.5 Å². The number of nitriles is 1. The molecule has 0 bridgehead atoms. The summed E-state index contributed by atoms with van der Waals surface area (Å²) in [4.78, 5) is 0. The van der Waals surface area contributed by atoms with Crippen LogP contribution in [-0.2, 0) is 0 Å². The third-order valence-electron chi connectivity index (χ3n) is 3.27. The van der Waals surface area contributed by atoms with Crippen molar-refractivity contribution in [1.82, 2.24) is 0 Å². The van der Waals surface area contributed by atoms with E-state index in [-0.39, 0.29) is 11.1 Å². The molecule has 5 heteroatoms. The smallest absolute Gasteiger partial charge is 0.131 e. The van der Waals surface area contributed by atoms with Crippen LogP contribution in [0.3, 0.4) is 0 Å². The molecular formula is C16H13F3N2. The van der Waals surface area contributed by atoms with Gasteiger partial charge in [0.25, 0.3) is 0 Å². The molecule has 21 heavy (non-hydrogen) atoms. The molecule has 2 nitrogen and oxygen atoms in total. The summed E-state index contributed by atoms with van der Waals surface area (Å²) in [6.45, 7) is 3.24. The second kappa shape index (κ2) is 5.88. The van der Waals surface area contributed by atoms with Crippen LogP contribution in [0.1, 0.15) is 29.7 Å². The largest absolute Gasteiger partial charge is 0.378 e. The van der Waals surface area contributed by atoms with Gasteiger partial charge in [-0.25, -0.2) is 13.2 Å². The number of rotatable bonds is 3. The van der Waals surface area contributed by atoms with Gasteiger partial charge < -0.3 is 5.32 Å². The van der Waals surface area contributed by atoms with E-state index in [1.807, 2.05) is 6.07 Å². The first-order valence-electron chi connectivity index (χ1n) is 6.34. The van der Waals surface area contributed by atoms with Gasteiger partial charge in [0.2, 0.25) is 0 Å². The zero-order valence-electron chi connectivity index (χ0n) is 11.5. The van der Waals surface area contributed by atoms with E-state index < -0.39 is 23.5 Å². The highest BCUT2D eigenvalue weighted by Gasteiger charge is 2.14. The molecule has 1 atom stereocenters. The summed E-state index contributed by atoms with van der Waals surface area (Å²) in [6, 6.07) is 7.30. The second-order valence-corrected chi connectivity index (χ2v) is 4.77. The van der Waals surface area contributed by atoms with Crippen LogP contribution in [0.15, 0.2) is 30.3 Å². The molecule has 0 saturated carbocycles. The molecule has 0 amide bonds. The first kappa shape index (κ1) is 14.9. The maximum absolute atomic E-state index is 13.7. The van der Waals surface area contributed by atoms with Gasteiger partial charge in [-0.15, -0.1) is 0 Å². The van der Waals surface area contributed by atoms with E-state index in [0.717, 1.165) is 18.2 Å². The van der Waals surface area contributed by atoms with Crippen molar-refractivity contribution >= 4 is 5.69 Å². The van der Waals surface area contributed by atoms with Crippen LogP contribution in [0.4, 0.5) is 18.9 Å². The summed E-state index contributed by atoms with van der Waals surface area (Å²) in [6.07, 6.45) is 0. The van der Waals surface area contributed by atoms with Crippen LogP contribution in [0.25, 0.3) is 0 Å². The lowest BCUT2D eigenvalue weighted by Crippen LogP contribution is -2.10. The maximum Gasteiger partial charge on any atom is 0.131 e. The highest BCUT2D eigenvalue weighted by molar-refractivity contribution is 5.57. The lowest BCUT2D eigenvalue weighted by Gasteiger charge is -2.18. The Bertz CT molecular complexity index is 720. The molecular weight excluding hydrogens is 277 g/mol. The Morgan fingerprint density at radius 3 is 2.43 bits per heavy atom. The van der Waals surface area contributed by atoms with Crippen LogP contribution in [-0.4, -0.2) is 0 Å². The van der Waals surface area contributed by atoms with Crippen LogP contribution >= 0.6 is 0 Å². The zero-order valence-corrected chi connectivity index (χ0v) is 11.5. The fraction of sp³-hybridized carbons (Fsp3) is 0.188. The van der Waals surface area contributed by atoms with Gasteiger partial charge in [-0.2, -0.15) is 5.26 Å². The summed E-state index contributed by atoms with van der Waals surface area (Å²) in [5.74, 6) is -1.84. The van der Waals surface area contributed by atoms with Gasteiger partial charge in [0, 0.05) is 22.9 Å². The fourth-order valence-electron chi connectivity index (χ4n) is 2.06. The van der Waals surface area contributed by atoms with E-state index in [0.29, 0.717) is 11.3 Å². The van der Waals surface area contributed by atoms with E-state index in [9.17, 15) is 13.2 Å². The number of anilines is 1. The third kappa shape index (κ3) is 3.16. The van der Waals surface area contributed by atoms with Crippen LogP contribution in [0.5, 0.6) is 0 Å². The second-order valence-electron chi connectivity index (χ2n) is 4.77. The fourth-order valence-corrected chi connectivity index (χ4v) is 2.06. The highest BCUT2D eigenvalue weighted by Crippen LogP contribution is 2.26. The standard InChI is InChI=1S/C16H13F3N2/c1-9-14(18)5-11(8-20)6-16(9)21-10(2)13-4-3-12(17)7-15(13)19/h3-7,10,21H,1-2H3. The Balaban J connectivity index is 2.33. The Morgan fingerprint density at radius 1 is 1.10 bits per heavy atom. The first-order chi connectivity index (χ1) is 9.92. The number of benzene rings is 2. The van der Waals surface area contributed by atoms with Crippen molar-refractivity contribution in [1.29, 1.82) is 5.26 Å². The van der Waals surface area contributed by atoms with Crippen molar-refractivity contribution in [2.75, 3.05) is 5.32 Å². The van der Waals surface area contributed by atoms with Gasteiger partial charge in [0.05, 0.1) is 17.7 Å². The zero-order chi connectivity index (χ0) is 15.6. The predicted molar refractivity (Wildman–Crippen MR) is 74.2 cm³/mol. The van der Waals surface area contributed by atoms with E-state index in [1.165, 1.54) is 12.1 Å². The number of halogens is 3. The molecule has 2 aromatic carbocycles. The Morgan fingerprint density at radius 2 is 1.81 bits per heavy atom. The van der Waals surface area contributed by atoms with Gasteiger partial charge in [0.15, 0.2) is 0 Å². The van der Waals surface area contributed by atoms with Gasteiger partial charge in [-0.05, 0) is 32.0 Å². The molecule has 2 rings (SSSR count). The molecule has 0 radical (unpaired) electrons. The molecule has 0 aliphatic rings. The molecule has 0 spiro atoms. The molecule has 0 fully saturated rings. The summed E-state index contributed by atoms with van der Waals surface area (Å²) in [5.41, 5.74) is 1.18. The topological polar surface area (TPSA) is 35.8 Å². The van der Waals surface area contributed by atoms with E-state index in [4.69, 9.17) is 5.26 Å². The van der Waals surface area contributed by atoms with Gasteiger partial charge in [-0.3, -0.25) is 0 Å². The third-order valence-corrected chi connectivity index (χ3v) is 3.27. The van der Waals surface area contributed by atoms with Crippen LogP contribution in [0.2, 0.25) is 0 Å². The van der Waals surface area contributed by atoms with Crippen molar-refractivity contribution < 1.29 is 13.2 Å². The average Bonchev–Trinajstić information content (AvgIpc) is 2.43. The van der Waals surface area contributed by atoms with E-state index in [2.05, 4.69) is 5.32 Å². The number of hydrogen-bond donors (Lipinski definition) is 1.